The molecular weight excluding hydrogens is 172 g/mol. The van der Waals surface area contributed by atoms with Gasteiger partial charge < -0.3 is 5.41 Å². The molecular formula is C12H18N2. The fraction of sp³-hybridized carbons (Fsp3) is 0.500. The van der Waals surface area contributed by atoms with Gasteiger partial charge in [-0.05, 0) is 18.9 Å². The lowest BCUT2D eigenvalue weighted by atomic mass is 9.91. The zero-order chi connectivity index (χ0) is 10.4. The van der Waals surface area contributed by atoms with Crippen molar-refractivity contribution in [2.24, 2.45) is 5.92 Å². The van der Waals surface area contributed by atoms with Gasteiger partial charge in [0, 0.05) is 29.6 Å². The summed E-state index contributed by atoms with van der Waals surface area (Å²) in [4.78, 5) is 4.04. The average molecular weight is 190 g/mol. The van der Waals surface area contributed by atoms with Crippen molar-refractivity contribution < 1.29 is 0 Å². The van der Waals surface area contributed by atoms with Crippen molar-refractivity contribution in [3.8, 4) is 0 Å². The number of hydrogen-bond donors (Lipinski definition) is 1. The van der Waals surface area contributed by atoms with Crippen LogP contribution in [0.5, 0.6) is 0 Å². The van der Waals surface area contributed by atoms with E-state index in [9.17, 15) is 0 Å². The van der Waals surface area contributed by atoms with Gasteiger partial charge in [-0.2, -0.15) is 0 Å². The summed E-state index contributed by atoms with van der Waals surface area (Å²) in [6.45, 7) is 4.31. The highest BCUT2D eigenvalue weighted by atomic mass is 14.6. The van der Waals surface area contributed by atoms with Crippen molar-refractivity contribution in [1.29, 1.82) is 5.41 Å². The number of nitrogens with one attached hydrogen (secondary N) is 1. The zero-order valence-electron chi connectivity index (χ0n) is 8.96. The molecule has 0 spiro atoms. The van der Waals surface area contributed by atoms with Crippen molar-refractivity contribution >= 4 is 5.71 Å². The van der Waals surface area contributed by atoms with E-state index in [1.54, 1.807) is 12.4 Å². The smallest absolute Gasteiger partial charge is 0.0432 e. The van der Waals surface area contributed by atoms with E-state index in [0.29, 0.717) is 5.92 Å². The lowest BCUT2D eigenvalue weighted by Crippen LogP contribution is -2.13. The molecule has 1 aromatic rings. The molecule has 1 atom stereocenters. The van der Waals surface area contributed by atoms with E-state index in [4.69, 9.17) is 5.41 Å². The van der Waals surface area contributed by atoms with E-state index in [1.807, 2.05) is 12.1 Å². The highest BCUT2D eigenvalue weighted by Gasteiger charge is 2.12. The van der Waals surface area contributed by atoms with Crippen LogP contribution in [0.2, 0.25) is 0 Å². The van der Waals surface area contributed by atoms with Crippen LogP contribution in [0, 0.1) is 11.3 Å². The molecule has 0 aliphatic heterocycles. The molecule has 0 amide bonds. The molecule has 0 saturated carbocycles. The van der Waals surface area contributed by atoms with E-state index in [0.717, 1.165) is 30.5 Å². The standard InChI is InChI=1S/C12H18N2/c1-3-6-10(4-2)12(13)11-7-5-8-14-9-11/h5,7-10,13H,3-4,6H2,1-2H3. The van der Waals surface area contributed by atoms with Gasteiger partial charge in [-0.25, -0.2) is 0 Å². The van der Waals surface area contributed by atoms with Crippen LogP contribution < -0.4 is 0 Å². The Morgan fingerprint density at radius 2 is 2.29 bits per heavy atom. The molecule has 2 nitrogen and oxygen atoms in total. The Morgan fingerprint density at radius 1 is 1.50 bits per heavy atom. The van der Waals surface area contributed by atoms with Gasteiger partial charge in [0.25, 0.3) is 0 Å². The summed E-state index contributed by atoms with van der Waals surface area (Å²) in [7, 11) is 0. The molecule has 1 N–H and O–H groups in total. The van der Waals surface area contributed by atoms with Crippen LogP contribution in [0.3, 0.4) is 0 Å². The van der Waals surface area contributed by atoms with E-state index < -0.39 is 0 Å². The first-order chi connectivity index (χ1) is 6.79. The molecule has 2 heteroatoms. The van der Waals surface area contributed by atoms with E-state index in [1.165, 1.54) is 0 Å². The Labute approximate surface area is 85.9 Å². The Morgan fingerprint density at radius 3 is 2.79 bits per heavy atom. The van der Waals surface area contributed by atoms with Gasteiger partial charge in [0.15, 0.2) is 0 Å². The molecule has 0 bridgehead atoms. The molecule has 0 aliphatic carbocycles. The van der Waals surface area contributed by atoms with Crippen molar-refractivity contribution in [3.05, 3.63) is 30.1 Å². The van der Waals surface area contributed by atoms with Crippen LogP contribution in [0.15, 0.2) is 24.5 Å². The molecule has 0 aliphatic rings. The monoisotopic (exact) mass is 190 g/mol. The first-order valence-electron chi connectivity index (χ1n) is 5.28. The second kappa shape index (κ2) is 5.53. The molecule has 1 heterocycles. The largest absolute Gasteiger partial charge is 0.304 e. The van der Waals surface area contributed by atoms with Crippen LogP contribution >= 0.6 is 0 Å². The number of aromatic nitrogens is 1. The molecule has 1 rings (SSSR count). The lowest BCUT2D eigenvalue weighted by Gasteiger charge is -2.14. The second-order valence-electron chi connectivity index (χ2n) is 3.55. The van der Waals surface area contributed by atoms with Gasteiger partial charge in [0.2, 0.25) is 0 Å². The fourth-order valence-corrected chi connectivity index (χ4v) is 1.66. The maximum atomic E-state index is 8.05. The minimum Gasteiger partial charge on any atom is -0.304 e. The minimum absolute atomic E-state index is 0.393. The summed E-state index contributed by atoms with van der Waals surface area (Å²) >= 11 is 0. The van der Waals surface area contributed by atoms with Crippen molar-refractivity contribution in [1.82, 2.24) is 4.98 Å². The Bertz CT molecular complexity index is 280. The third-order valence-corrected chi connectivity index (χ3v) is 2.51. The number of pyridine rings is 1. The fourth-order valence-electron chi connectivity index (χ4n) is 1.66. The highest BCUT2D eigenvalue weighted by molar-refractivity contribution is 5.99. The summed E-state index contributed by atoms with van der Waals surface area (Å²) in [6, 6.07) is 3.86. The molecule has 0 radical (unpaired) electrons. The van der Waals surface area contributed by atoms with Gasteiger partial charge in [0.1, 0.15) is 0 Å². The van der Waals surface area contributed by atoms with Crippen molar-refractivity contribution in [2.45, 2.75) is 33.1 Å². The predicted octanol–water partition coefficient (Wildman–Crippen LogP) is 3.28. The topological polar surface area (TPSA) is 36.7 Å². The number of rotatable bonds is 5. The van der Waals surface area contributed by atoms with Crippen LogP contribution in [-0.4, -0.2) is 10.7 Å². The lowest BCUT2D eigenvalue weighted by molar-refractivity contribution is 0.593. The van der Waals surface area contributed by atoms with E-state index in [2.05, 4.69) is 18.8 Å². The quantitative estimate of drug-likeness (QED) is 0.711. The van der Waals surface area contributed by atoms with Gasteiger partial charge in [-0.15, -0.1) is 0 Å². The minimum atomic E-state index is 0.393. The van der Waals surface area contributed by atoms with Crippen LogP contribution in [0.4, 0.5) is 0 Å². The van der Waals surface area contributed by atoms with Gasteiger partial charge in [-0.1, -0.05) is 26.3 Å². The third-order valence-electron chi connectivity index (χ3n) is 2.51. The normalized spacial score (nSPS) is 12.4. The number of nitrogens with zero attached hydrogens (tertiary/aromatic N) is 1. The van der Waals surface area contributed by atoms with Crippen LogP contribution in [0.1, 0.15) is 38.7 Å². The van der Waals surface area contributed by atoms with Gasteiger partial charge in [-0.3, -0.25) is 4.98 Å². The molecule has 14 heavy (non-hydrogen) atoms. The molecule has 0 saturated heterocycles. The number of hydrogen-bond acceptors (Lipinski definition) is 2. The zero-order valence-corrected chi connectivity index (χ0v) is 8.96. The first-order valence-corrected chi connectivity index (χ1v) is 5.28. The molecule has 76 valence electrons. The summed E-state index contributed by atoms with van der Waals surface area (Å²) in [6.07, 6.45) is 6.81. The maximum absolute atomic E-state index is 8.05. The van der Waals surface area contributed by atoms with Gasteiger partial charge in [0.05, 0.1) is 0 Å². The predicted molar refractivity (Wildman–Crippen MR) is 59.8 cm³/mol. The summed E-state index contributed by atoms with van der Waals surface area (Å²) in [5, 5.41) is 8.05. The Kier molecular flexibility index (Phi) is 4.30. The average Bonchev–Trinajstić information content (AvgIpc) is 2.26. The van der Waals surface area contributed by atoms with E-state index >= 15 is 0 Å². The van der Waals surface area contributed by atoms with Crippen molar-refractivity contribution in [3.63, 3.8) is 0 Å². The molecule has 0 aromatic carbocycles. The molecule has 0 fully saturated rings. The Balaban J connectivity index is 2.73. The van der Waals surface area contributed by atoms with Gasteiger partial charge >= 0.3 is 0 Å². The molecule has 1 aromatic heterocycles. The van der Waals surface area contributed by atoms with Crippen molar-refractivity contribution in [2.75, 3.05) is 0 Å². The summed E-state index contributed by atoms with van der Waals surface area (Å²) in [5.41, 5.74) is 1.70. The maximum Gasteiger partial charge on any atom is 0.0432 e. The van der Waals surface area contributed by atoms with Crippen LogP contribution in [-0.2, 0) is 0 Å². The Hall–Kier alpha value is -1.18. The summed E-state index contributed by atoms with van der Waals surface area (Å²) in [5.74, 6) is 0.393. The van der Waals surface area contributed by atoms with E-state index in [-0.39, 0.29) is 0 Å². The second-order valence-corrected chi connectivity index (χ2v) is 3.55. The first kappa shape index (κ1) is 10.9. The summed E-state index contributed by atoms with van der Waals surface area (Å²) < 4.78 is 0. The highest BCUT2D eigenvalue weighted by Crippen LogP contribution is 2.16. The molecule has 1 unspecified atom stereocenters. The third kappa shape index (κ3) is 2.66. The van der Waals surface area contributed by atoms with Crippen LogP contribution in [0.25, 0.3) is 0 Å². The SMILES string of the molecule is CCCC(CC)C(=N)c1cccnc1.